The number of carbonyl (C=O) groups is 1. The lowest BCUT2D eigenvalue weighted by molar-refractivity contribution is -0.137. The largest absolute Gasteiger partial charge is 0.416 e. The molecule has 188 valence electrons. The van der Waals surface area contributed by atoms with Crippen LogP contribution in [0.3, 0.4) is 0 Å². The lowest BCUT2D eigenvalue weighted by Gasteiger charge is -2.32. The van der Waals surface area contributed by atoms with Gasteiger partial charge in [0, 0.05) is 60.5 Å². The van der Waals surface area contributed by atoms with Gasteiger partial charge in [-0.2, -0.15) is 13.2 Å². The summed E-state index contributed by atoms with van der Waals surface area (Å²) in [5.41, 5.74) is 0.129. The number of hydrogen-bond donors (Lipinski definition) is 2. The first-order valence-corrected chi connectivity index (χ1v) is 13.9. The molecule has 0 radical (unpaired) electrons. The standard InChI is InChI=1S/C24H31ClF3N3O2S/c1-4-34(3,33)22-6-5-21(25)14-19(22)15-29-23(32)18-11-17(12-20(13-18)24(26,27)28)16-31-9-7-30(2)8-10-31/h5-6,11-14,34H,4,7-10,15-16H2,1-3H3,(H,29,32). The van der Waals surface area contributed by atoms with Crippen molar-refractivity contribution < 1.29 is 22.2 Å². The first-order valence-electron chi connectivity index (χ1n) is 11.1. The molecule has 0 aliphatic carbocycles. The fourth-order valence-electron chi connectivity index (χ4n) is 3.95. The maximum Gasteiger partial charge on any atom is 0.416 e. The third kappa shape index (κ3) is 6.81. The van der Waals surface area contributed by atoms with Crippen LogP contribution in [0.1, 0.15) is 34.0 Å². The number of piperazine rings is 1. The van der Waals surface area contributed by atoms with Crippen LogP contribution in [0.15, 0.2) is 41.3 Å². The molecule has 1 heterocycles. The topological polar surface area (TPSA) is 52.7 Å². The number of likely N-dealkylation sites (N-methyl/N-ethyl adjacent to an activating group) is 1. The molecule has 10 heteroatoms. The average molecular weight is 518 g/mol. The molecular formula is C24H31ClF3N3O2S. The Morgan fingerprint density at radius 1 is 1.12 bits per heavy atom. The van der Waals surface area contributed by atoms with Crippen molar-refractivity contribution in [2.24, 2.45) is 0 Å². The van der Waals surface area contributed by atoms with Gasteiger partial charge in [-0.3, -0.25) is 13.9 Å². The van der Waals surface area contributed by atoms with E-state index in [1.807, 2.05) is 14.0 Å². The molecule has 2 aromatic carbocycles. The van der Waals surface area contributed by atoms with Gasteiger partial charge in [0.2, 0.25) is 0 Å². The van der Waals surface area contributed by atoms with Crippen molar-refractivity contribution in [2.45, 2.75) is 31.1 Å². The minimum absolute atomic E-state index is 0.0105. The molecule has 0 unspecified atom stereocenters. The van der Waals surface area contributed by atoms with Gasteiger partial charge in [0.05, 0.1) is 5.56 Å². The van der Waals surface area contributed by atoms with Gasteiger partial charge in [0.15, 0.2) is 0 Å². The first-order chi connectivity index (χ1) is 15.9. The fourth-order valence-corrected chi connectivity index (χ4v) is 5.62. The molecule has 34 heavy (non-hydrogen) atoms. The highest BCUT2D eigenvalue weighted by atomic mass is 35.5. The van der Waals surface area contributed by atoms with E-state index in [1.165, 1.54) is 6.07 Å². The van der Waals surface area contributed by atoms with Crippen LogP contribution in [-0.2, 0) is 29.2 Å². The number of carbonyl (C=O) groups excluding carboxylic acids is 1. The second-order valence-electron chi connectivity index (χ2n) is 8.87. The predicted octanol–water partition coefficient (Wildman–Crippen LogP) is 4.06. The van der Waals surface area contributed by atoms with E-state index in [0.29, 0.717) is 33.3 Å². The number of hydrogen-bond acceptors (Lipinski definition) is 4. The predicted molar refractivity (Wildman–Crippen MR) is 131 cm³/mol. The van der Waals surface area contributed by atoms with Crippen LogP contribution in [0, 0.1) is 0 Å². The molecule has 3 rings (SSSR count). The van der Waals surface area contributed by atoms with E-state index < -0.39 is 27.6 Å². The van der Waals surface area contributed by atoms with Gasteiger partial charge in [-0.25, -0.2) is 0 Å². The summed E-state index contributed by atoms with van der Waals surface area (Å²) in [5.74, 6) is -0.183. The van der Waals surface area contributed by atoms with Gasteiger partial charge in [0.25, 0.3) is 5.91 Å². The van der Waals surface area contributed by atoms with Crippen molar-refractivity contribution in [3.63, 3.8) is 0 Å². The van der Waals surface area contributed by atoms with E-state index >= 15 is 0 Å². The SMILES string of the molecule is CC[SH](C)(=O)c1ccc(Cl)cc1CNC(=O)c1cc(CN2CCN(C)CC2)cc(C(F)(F)F)c1. The highest BCUT2D eigenvalue weighted by molar-refractivity contribution is 8.02. The van der Waals surface area contributed by atoms with Crippen LogP contribution in [0.2, 0.25) is 5.02 Å². The maximum absolute atomic E-state index is 13.6. The number of amides is 1. The molecule has 1 saturated heterocycles. The number of nitrogens with zero attached hydrogens (tertiary/aromatic N) is 2. The van der Waals surface area contributed by atoms with Crippen molar-refractivity contribution in [2.75, 3.05) is 45.2 Å². The van der Waals surface area contributed by atoms with Crippen molar-refractivity contribution in [3.05, 3.63) is 63.7 Å². The zero-order valence-corrected chi connectivity index (χ0v) is 21.2. The monoisotopic (exact) mass is 517 g/mol. The van der Waals surface area contributed by atoms with E-state index in [1.54, 1.807) is 24.5 Å². The Balaban J connectivity index is 1.83. The Labute approximate surface area is 204 Å². The Bertz CT molecular complexity index is 1090. The van der Waals surface area contributed by atoms with Gasteiger partial charge in [0.1, 0.15) is 0 Å². The van der Waals surface area contributed by atoms with Crippen LogP contribution in [-0.4, -0.2) is 65.2 Å². The normalized spacial score (nSPS) is 16.4. The molecular weight excluding hydrogens is 487 g/mol. The molecule has 0 saturated carbocycles. The average Bonchev–Trinajstić information content (AvgIpc) is 2.78. The summed E-state index contributed by atoms with van der Waals surface area (Å²) in [6.07, 6.45) is -2.90. The number of rotatable bonds is 7. The highest BCUT2D eigenvalue weighted by Gasteiger charge is 2.32. The van der Waals surface area contributed by atoms with Crippen molar-refractivity contribution in [1.29, 1.82) is 0 Å². The lowest BCUT2D eigenvalue weighted by Crippen LogP contribution is -2.43. The summed E-state index contributed by atoms with van der Waals surface area (Å²) in [6.45, 7) is 5.35. The first kappa shape index (κ1) is 26.7. The second kappa shape index (κ2) is 10.8. The molecule has 1 aliphatic rings. The molecule has 0 aromatic heterocycles. The zero-order valence-electron chi connectivity index (χ0n) is 19.6. The summed E-state index contributed by atoms with van der Waals surface area (Å²) in [7, 11) is -0.639. The summed E-state index contributed by atoms with van der Waals surface area (Å²) in [5, 5.41) is 3.12. The molecule has 5 nitrogen and oxygen atoms in total. The Hall–Kier alpha value is -1.94. The summed E-state index contributed by atoms with van der Waals surface area (Å²) < 4.78 is 53.6. The Kier molecular flexibility index (Phi) is 8.44. The highest BCUT2D eigenvalue weighted by Crippen LogP contribution is 2.31. The smallest absolute Gasteiger partial charge is 0.348 e. The van der Waals surface area contributed by atoms with E-state index in [0.717, 1.165) is 38.3 Å². The number of halogens is 4. The minimum atomic E-state index is -4.57. The molecule has 1 amide bonds. The molecule has 0 atom stereocenters. The van der Waals surface area contributed by atoms with Gasteiger partial charge in [-0.05, 0) is 60.8 Å². The quantitative estimate of drug-likeness (QED) is 0.544. The van der Waals surface area contributed by atoms with E-state index in [9.17, 15) is 22.2 Å². The van der Waals surface area contributed by atoms with E-state index in [-0.39, 0.29) is 12.1 Å². The minimum Gasteiger partial charge on any atom is -0.348 e. The van der Waals surface area contributed by atoms with Crippen LogP contribution < -0.4 is 5.32 Å². The number of benzene rings is 2. The van der Waals surface area contributed by atoms with Gasteiger partial charge < -0.3 is 10.2 Å². The third-order valence-corrected chi connectivity index (χ3v) is 9.08. The number of alkyl halides is 3. The molecule has 0 spiro atoms. The summed E-state index contributed by atoms with van der Waals surface area (Å²) in [4.78, 5) is 17.8. The molecule has 2 aromatic rings. The Morgan fingerprint density at radius 2 is 1.79 bits per heavy atom. The number of nitrogens with one attached hydrogen (secondary N) is 1. The van der Waals surface area contributed by atoms with Crippen molar-refractivity contribution in [3.8, 4) is 0 Å². The van der Waals surface area contributed by atoms with E-state index in [2.05, 4.69) is 15.1 Å². The fraction of sp³-hybridized carbons (Fsp3) is 0.458. The molecule has 0 bridgehead atoms. The number of thiol groups is 1. The second-order valence-corrected chi connectivity index (χ2v) is 12.6. The van der Waals surface area contributed by atoms with Crippen LogP contribution in [0.5, 0.6) is 0 Å². The molecule has 1 aliphatic heterocycles. The zero-order chi connectivity index (χ0) is 25.1. The van der Waals surface area contributed by atoms with Crippen LogP contribution in [0.4, 0.5) is 13.2 Å². The van der Waals surface area contributed by atoms with Gasteiger partial charge in [-0.1, -0.05) is 28.5 Å². The lowest BCUT2D eigenvalue weighted by atomic mass is 10.0. The summed E-state index contributed by atoms with van der Waals surface area (Å²) in [6, 6.07) is 8.46. The van der Waals surface area contributed by atoms with Gasteiger partial charge in [-0.15, -0.1) is 0 Å². The van der Waals surface area contributed by atoms with Crippen LogP contribution >= 0.6 is 11.6 Å². The summed E-state index contributed by atoms with van der Waals surface area (Å²) >= 11 is 6.10. The van der Waals surface area contributed by atoms with E-state index in [4.69, 9.17) is 11.6 Å². The maximum atomic E-state index is 13.6. The Morgan fingerprint density at radius 3 is 2.41 bits per heavy atom. The molecule has 1 fully saturated rings. The van der Waals surface area contributed by atoms with Gasteiger partial charge >= 0.3 is 6.18 Å². The van der Waals surface area contributed by atoms with Crippen molar-refractivity contribution >= 4 is 27.4 Å². The van der Waals surface area contributed by atoms with Crippen molar-refractivity contribution in [1.82, 2.24) is 15.1 Å². The molecule has 1 N–H and O–H groups in total. The van der Waals surface area contributed by atoms with Crippen LogP contribution in [0.25, 0.3) is 0 Å². The third-order valence-electron chi connectivity index (χ3n) is 6.18.